The van der Waals surface area contributed by atoms with Crippen molar-refractivity contribution in [2.24, 2.45) is 0 Å². The van der Waals surface area contributed by atoms with E-state index in [4.69, 9.17) is 19.5 Å². The number of nitriles is 1. The molecule has 0 N–H and O–H groups in total. The molecule has 27 heavy (non-hydrogen) atoms. The molecule has 0 bridgehead atoms. The van der Waals surface area contributed by atoms with Crippen LogP contribution >= 0.6 is 0 Å². The predicted octanol–water partition coefficient (Wildman–Crippen LogP) is 3.03. The highest BCUT2D eigenvalue weighted by atomic mass is 16.6. The summed E-state index contributed by atoms with van der Waals surface area (Å²) in [6.45, 7) is 1.58. The van der Waals surface area contributed by atoms with Crippen molar-refractivity contribution >= 4 is 12.0 Å². The van der Waals surface area contributed by atoms with Gasteiger partial charge in [0, 0.05) is 19.7 Å². The molecule has 138 valence electrons. The minimum absolute atomic E-state index is 0.0122. The van der Waals surface area contributed by atoms with Crippen LogP contribution in [0, 0.1) is 11.3 Å². The van der Waals surface area contributed by atoms with Crippen LogP contribution < -0.4 is 14.2 Å². The van der Waals surface area contributed by atoms with Gasteiger partial charge in [-0.1, -0.05) is 18.2 Å². The topological polar surface area (TPSA) is 71.8 Å². The van der Waals surface area contributed by atoms with E-state index in [2.05, 4.69) is 0 Å². The van der Waals surface area contributed by atoms with Gasteiger partial charge >= 0.3 is 0 Å². The predicted molar refractivity (Wildman–Crippen MR) is 100 cm³/mol. The van der Waals surface area contributed by atoms with Gasteiger partial charge in [-0.2, -0.15) is 5.26 Å². The number of fused-ring (bicyclic) bond motifs is 1. The van der Waals surface area contributed by atoms with E-state index in [9.17, 15) is 4.79 Å². The number of nitrogens with zero attached hydrogens (tertiary/aromatic N) is 2. The van der Waals surface area contributed by atoms with E-state index in [1.807, 2.05) is 36.4 Å². The Morgan fingerprint density at radius 1 is 1.19 bits per heavy atom. The first kappa shape index (κ1) is 18.3. The molecule has 6 nitrogen and oxygen atoms in total. The zero-order chi connectivity index (χ0) is 19.1. The van der Waals surface area contributed by atoms with Crippen LogP contribution in [0.15, 0.2) is 48.5 Å². The molecule has 0 unspecified atom stereocenters. The normalized spacial score (nSPS) is 12.4. The molecular weight excluding hydrogens is 344 g/mol. The number of hydrogen-bond acceptors (Lipinski definition) is 5. The Morgan fingerprint density at radius 3 is 2.67 bits per heavy atom. The molecule has 0 fully saturated rings. The SMILES string of the molecule is CN(Cc1ccc2c(c1)OCCO2)C(=O)/C=C/c1ccc(OCC#N)cc1. The molecule has 0 spiro atoms. The number of carbonyl (C=O) groups is 1. The Kier molecular flexibility index (Phi) is 5.95. The Balaban J connectivity index is 1.57. The van der Waals surface area contributed by atoms with Crippen LogP contribution in [-0.2, 0) is 11.3 Å². The summed E-state index contributed by atoms with van der Waals surface area (Å²) < 4.78 is 16.3. The van der Waals surface area contributed by atoms with E-state index < -0.39 is 0 Å². The summed E-state index contributed by atoms with van der Waals surface area (Å²) in [4.78, 5) is 14.0. The molecule has 0 radical (unpaired) electrons. The first-order valence-corrected chi connectivity index (χ1v) is 8.57. The Hall–Kier alpha value is -3.46. The van der Waals surface area contributed by atoms with Gasteiger partial charge < -0.3 is 19.1 Å². The minimum Gasteiger partial charge on any atom is -0.486 e. The molecule has 1 amide bonds. The van der Waals surface area contributed by atoms with Crippen molar-refractivity contribution in [3.63, 3.8) is 0 Å². The lowest BCUT2D eigenvalue weighted by molar-refractivity contribution is -0.125. The highest BCUT2D eigenvalue weighted by Crippen LogP contribution is 2.31. The number of benzene rings is 2. The molecular formula is C21H20N2O4. The molecule has 3 rings (SSSR count). The standard InChI is InChI=1S/C21H20N2O4/c1-23(15-17-4-8-19-20(14-17)27-13-12-26-19)21(24)9-5-16-2-6-18(7-3-16)25-11-10-22/h2-9,14H,11-13,15H2,1H3/b9-5+. The molecule has 1 heterocycles. The zero-order valence-corrected chi connectivity index (χ0v) is 15.1. The van der Waals surface area contributed by atoms with E-state index in [1.165, 1.54) is 6.08 Å². The number of ether oxygens (including phenoxy) is 3. The monoisotopic (exact) mass is 364 g/mol. The lowest BCUT2D eigenvalue weighted by atomic mass is 10.1. The first-order chi connectivity index (χ1) is 13.2. The molecule has 0 aromatic heterocycles. The second kappa shape index (κ2) is 8.77. The summed E-state index contributed by atoms with van der Waals surface area (Å²) in [5, 5.41) is 8.50. The summed E-state index contributed by atoms with van der Waals surface area (Å²) in [7, 11) is 1.75. The summed E-state index contributed by atoms with van der Waals surface area (Å²) in [5.74, 6) is 1.97. The maximum absolute atomic E-state index is 12.3. The largest absolute Gasteiger partial charge is 0.486 e. The molecule has 2 aromatic rings. The van der Waals surface area contributed by atoms with Crippen LogP contribution in [0.2, 0.25) is 0 Å². The van der Waals surface area contributed by atoms with Gasteiger partial charge in [0.2, 0.25) is 5.91 Å². The van der Waals surface area contributed by atoms with Gasteiger partial charge in [-0.05, 0) is 41.5 Å². The summed E-state index contributed by atoms with van der Waals surface area (Å²) in [6.07, 6.45) is 3.28. The van der Waals surface area contributed by atoms with E-state index in [0.717, 1.165) is 16.9 Å². The van der Waals surface area contributed by atoms with Gasteiger partial charge in [-0.3, -0.25) is 4.79 Å². The molecule has 2 aromatic carbocycles. The van der Waals surface area contributed by atoms with Gasteiger partial charge in [-0.25, -0.2) is 0 Å². The number of amides is 1. The molecule has 0 atom stereocenters. The summed E-state index contributed by atoms with van der Waals surface area (Å²) in [5.41, 5.74) is 1.85. The lowest BCUT2D eigenvalue weighted by Crippen LogP contribution is -2.24. The van der Waals surface area contributed by atoms with Gasteiger partial charge in [0.15, 0.2) is 18.1 Å². The van der Waals surface area contributed by atoms with Crippen LogP contribution in [0.4, 0.5) is 0 Å². The third kappa shape index (κ3) is 5.02. The van der Waals surface area contributed by atoms with Crippen LogP contribution in [0.3, 0.4) is 0 Å². The second-order valence-electron chi connectivity index (χ2n) is 6.02. The third-order valence-electron chi connectivity index (χ3n) is 4.00. The molecule has 6 heteroatoms. The highest BCUT2D eigenvalue weighted by Gasteiger charge is 2.13. The van der Waals surface area contributed by atoms with Crippen molar-refractivity contribution in [3.8, 4) is 23.3 Å². The number of carbonyl (C=O) groups excluding carboxylic acids is 1. The highest BCUT2D eigenvalue weighted by molar-refractivity contribution is 5.91. The molecule has 0 aliphatic carbocycles. The van der Waals surface area contributed by atoms with Gasteiger partial charge in [0.05, 0.1) is 0 Å². The van der Waals surface area contributed by atoms with E-state index in [0.29, 0.717) is 31.3 Å². The van der Waals surface area contributed by atoms with Gasteiger partial charge in [0.25, 0.3) is 0 Å². The number of rotatable bonds is 6. The second-order valence-corrected chi connectivity index (χ2v) is 6.02. The molecule has 0 saturated heterocycles. The van der Waals surface area contributed by atoms with Gasteiger partial charge in [0.1, 0.15) is 25.0 Å². The van der Waals surface area contributed by atoms with Crippen molar-refractivity contribution in [1.29, 1.82) is 5.26 Å². The Labute approximate surface area is 158 Å². The number of hydrogen-bond donors (Lipinski definition) is 0. The quantitative estimate of drug-likeness (QED) is 0.737. The molecule has 1 aliphatic rings. The molecule has 1 aliphatic heterocycles. The van der Waals surface area contributed by atoms with E-state index >= 15 is 0 Å². The van der Waals surface area contributed by atoms with Crippen molar-refractivity contribution in [2.75, 3.05) is 26.9 Å². The fourth-order valence-corrected chi connectivity index (χ4v) is 2.62. The minimum atomic E-state index is -0.102. The lowest BCUT2D eigenvalue weighted by Gasteiger charge is -2.20. The van der Waals surface area contributed by atoms with E-state index in [1.54, 1.807) is 30.2 Å². The van der Waals surface area contributed by atoms with Crippen LogP contribution in [0.5, 0.6) is 17.2 Å². The Morgan fingerprint density at radius 2 is 1.93 bits per heavy atom. The van der Waals surface area contributed by atoms with Crippen molar-refractivity contribution in [1.82, 2.24) is 4.90 Å². The third-order valence-corrected chi connectivity index (χ3v) is 4.00. The van der Waals surface area contributed by atoms with Gasteiger partial charge in [-0.15, -0.1) is 0 Å². The summed E-state index contributed by atoms with van der Waals surface area (Å²) in [6, 6.07) is 14.8. The maximum atomic E-state index is 12.3. The molecule has 0 saturated carbocycles. The van der Waals surface area contributed by atoms with E-state index in [-0.39, 0.29) is 12.5 Å². The van der Waals surface area contributed by atoms with Crippen LogP contribution in [-0.4, -0.2) is 37.7 Å². The fraction of sp³-hybridized carbons (Fsp3) is 0.238. The number of likely N-dealkylation sites (N-methyl/N-ethyl adjacent to an activating group) is 1. The zero-order valence-electron chi connectivity index (χ0n) is 15.1. The van der Waals surface area contributed by atoms with Crippen molar-refractivity contribution in [2.45, 2.75) is 6.54 Å². The average molecular weight is 364 g/mol. The van der Waals surface area contributed by atoms with Crippen molar-refractivity contribution < 1.29 is 19.0 Å². The fourth-order valence-electron chi connectivity index (χ4n) is 2.62. The first-order valence-electron chi connectivity index (χ1n) is 8.57. The maximum Gasteiger partial charge on any atom is 0.246 e. The van der Waals surface area contributed by atoms with Crippen molar-refractivity contribution in [3.05, 3.63) is 59.7 Å². The van der Waals surface area contributed by atoms with Crippen LogP contribution in [0.1, 0.15) is 11.1 Å². The summed E-state index contributed by atoms with van der Waals surface area (Å²) >= 11 is 0. The van der Waals surface area contributed by atoms with Crippen LogP contribution in [0.25, 0.3) is 6.08 Å². The smallest absolute Gasteiger partial charge is 0.246 e. The Bertz CT molecular complexity index is 869. The average Bonchev–Trinajstić information content (AvgIpc) is 2.71.